The third kappa shape index (κ3) is 18.4. The van der Waals surface area contributed by atoms with E-state index < -0.39 is 67.3 Å². The van der Waals surface area contributed by atoms with Gasteiger partial charge in [0.05, 0.1) is 23.6 Å². The standard InChI is InChI=1S/C30H51N4O12P/c1-27(2,3)22(35)41-18-43-47(39,44-19-42-23(36)28(4,5)6)16-14-13-15-40-21-17-20(32-25(37)45-29(7,8)9)31-24(33-21)34-26(38)46-30(10,11)12/h17H,13-16,18-19H2,1-12H3,(H2,31,32,33,34,37,38). The van der Waals surface area contributed by atoms with Crippen molar-refractivity contribution in [3.05, 3.63) is 6.07 Å². The van der Waals surface area contributed by atoms with Gasteiger partial charge in [0, 0.05) is 6.07 Å². The van der Waals surface area contributed by atoms with Gasteiger partial charge in [0.15, 0.2) is 0 Å². The molecule has 0 aromatic carbocycles. The van der Waals surface area contributed by atoms with Crippen molar-refractivity contribution in [1.29, 1.82) is 0 Å². The Morgan fingerprint density at radius 2 is 1.17 bits per heavy atom. The molecule has 17 heteroatoms. The second kappa shape index (κ2) is 17.1. The molecule has 0 fully saturated rings. The fourth-order valence-corrected chi connectivity index (χ4v) is 4.30. The number of nitrogens with zero attached hydrogens (tertiary/aromatic N) is 2. The third-order valence-electron chi connectivity index (χ3n) is 5.12. The maximum atomic E-state index is 13.4. The third-order valence-corrected chi connectivity index (χ3v) is 6.99. The molecule has 0 atom stereocenters. The fourth-order valence-electron chi connectivity index (χ4n) is 2.93. The molecule has 0 aliphatic heterocycles. The van der Waals surface area contributed by atoms with Crippen molar-refractivity contribution in [1.82, 2.24) is 9.97 Å². The minimum Gasteiger partial charge on any atom is -0.477 e. The van der Waals surface area contributed by atoms with Gasteiger partial charge >= 0.3 is 31.7 Å². The average Bonchev–Trinajstić information content (AvgIpc) is 2.84. The van der Waals surface area contributed by atoms with Crippen LogP contribution in [0.5, 0.6) is 5.88 Å². The number of hydrogen-bond donors (Lipinski definition) is 2. The Balaban J connectivity index is 2.94. The van der Waals surface area contributed by atoms with Crippen molar-refractivity contribution in [2.24, 2.45) is 10.8 Å². The van der Waals surface area contributed by atoms with Gasteiger partial charge in [-0.3, -0.25) is 33.8 Å². The highest BCUT2D eigenvalue weighted by atomic mass is 31.2. The molecule has 0 radical (unpaired) electrons. The van der Waals surface area contributed by atoms with Crippen LogP contribution in [0.1, 0.15) is 95.9 Å². The predicted molar refractivity (Wildman–Crippen MR) is 172 cm³/mol. The molecule has 47 heavy (non-hydrogen) atoms. The zero-order chi connectivity index (χ0) is 36.3. The number of rotatable bonds is 14. The van der Waals surface area contributed by atoms with Crippen molar-refractivity contribution < 1.29 is 56.5 Å². The van der Waals surface area contributed by atoms with E-state index in [0.29, 0.717) is 6.42 Å². The number of carbonyl (C=O) groups excluding carboxylic acids is 4. The van der Waals surface area contributed by atoms with Crippen LogP contribution < -0.4 is 15.4 Å². The SMILES string of the molecule is CC(C)(C)OC(=O)Nc1cc(OCCCCP(=O)(OCOC(=O)C(C)(C)C)OCOC(=O)C(C)(C)C)nc(NC(=O)OC(C)(C)C)n1. The maximum Gasteiger partial charge on any atom is 0.414 e. The van der Waals surface area contributed by atoms with Gasteiger partial charge in [-0.15, -0.1) is 0 Å². The van der Waals surface area contributed by atoms with Crippen LogP contribution in [0.25, 0.3) is 0 Å². The minimum atomic E-state index is -3.89. The van der Waals surface area contributed by atoms with E-state index in [1.807, 2.05) is 0 Å². The predicted octanol–water partition coefficient (Wildman–Crippen LogP) is 6.65. The summed E-state index contributed by atoms with van der Waals surface area (Å²) in [6.45, 7) is 18.9. The molecule has 2 amide bonds. The van der Waals surface area contributed by atoms with Crippen molar-refractivity contribution in [2.45, 2.75) is 107 Å². The number of hydrogen-bond acceptors (Lipinski definition) is 14. The van der Waals surface area contributed by atoms with Crippen LogP contribution in [-0.4, -0.2) is 71.6 Å². The molecule has 0 aliphatic rings. The van der Waals surface area contributed by atoms with Crippen molar-refractivity contribution in [3.8, 4) is 5.88 Å². The molecule has 1 rings (SSSR count). The Bertz CT molecular complexity index is 1190. The van der Waals surface area contributed by atoms with Gasteiger partial charge in [-0.2, -0.15) is 9.97 Å². The summed E-state index contributed by atoms with van der Waals surface area (Å²) in [7, 11) is -3.89. The summed E-state index contributed by atoms with van der Waals surface area (Å²) >= 11 is 0. The van der Waals surface area contributed by atoms with Gasteiger partial charge in [-0.25, -0.2) is 9.59 Å². The van der Waals surface area contributed by atoms with Crippen molar-refractivity contribution in [2.75, 3.05) is 37.0 Å². The molecule has 1 heterocycles. The first-order chi connectivity index (χ1) is 21.3. The van der Waals surface area contributed by atoms with E-state index in [1.165, 1.54) is 6.07 Å². The van der Waals surface area contributed by atoms with Gasteiger partial charge in [0.25, 0.3) is 0 Å². The van der Waals surface area contributed by atoms with Gasteiger partial charge in [-0.05, 0) is 95.9 Å². The quantitative estimate of drug-likeness (QED) is 0.0691. The molecule has 0 spiro atoms. The lowest BCUT2D eigenvalue weighted by Gasteiger charge is -2.22. The molecule has 2 N–H and O–H groups in total. The van der Waals surface area contributed by atoms with Crippen LogP contribution in [0.3, 0.4) is 0 Å². The van der Waals surface area contributed by atoms with E-state index in [-0.39, 0.29) is 36.8 Å². The molecule has 0 saturated heterocycles. The molecular weight excluding hydrogens is 639 g/mol. The lowest BCUT2D eigenvalue weighted by Crippen LogP contribution is -2.29. The number of anilines is 2. The van der Waals surface area contributed by atoms with E-state index in [1.54, 1.807) is 83.1 Å². The lowest BCUT2D eigenvalue weighted by atomic mass is 9.98. The Kier molecular flexibility index (Phi) is 15.1. The summed E-state index contributed by atoms with van der Waals surface area (Å²) in [4.78, 5) is 57.1. The van der Waals surface area contributed by atoms with Crippen LogP contribution in [-0.2, 0) is 42.1 Å². The molecule has 16 nitrogen and oxygen atoms in total. The summed E-state index contributed by atoms with van der Waals surface area (Å²) in [5.74, 6) is -1.36. The van der Waals surface area contributed by atoms with E-state index in [0.717, 1.165) is 0 Å². The summed E-state index contributed by atoms with van der Waals surface area (Å²) in [6, 6.07) is 1.33. The number of esters is 2. The topological polar surface area (TPSA) is 200 Å². The van der Waals surface area contributed by atoms with E-state index in [9.17, 15) is 23.7 Å². The molecular formula is C30H51N4O12P. The molecule has 0 unspecified atom stereocenters. The second-order valence-corrected chi connectivity index (χ2v) is 16.6. The first-order valence-electron chi connectivity index (χ1n) is 15.0. The molecule has 1 aromatic rings. The minimum absolute atomic E-state index is 0.00372. The lowest BCUT2D eigenvalue weighted by molar-refractivity contribution is -0.162. The van der Waals surface area contributed by atoms with E-state index in [2.05, 4.69) is 20.6 Å². The average molecular weight is 691 g/mol. The number of unbranched alkanes of at least 4 members (excludes halogenated alkanes) is 1. The van der Waals surface area contributed by atoms with Crippen LogP contribution in [0.2, 0.25) is 0 Å². The first kappa shape index (κ1) is 41.5. The maximum absolute atomic E-state index is 13.4. The highest BCUT2D eigenvalue weighted by Gasteiger charge is 2.30. The second-order valence-electron chi connectivity index (χ2n) is 14.4. The normalized spacial score (nSPS) is 12.5. The van der Waals surface area contributed by atoms with Gasteiger partial charge < -0.3 is 23.7 Å². The Morgan fingerprint density at radius 3 is 1.62 bits per heavy atom. The van der Waals surface area contributed by atoms with Crippen molar-refractivity contribution >= 4 is 43.5 Å². The van der Waals surface area contributed by atoms with Gasteiger partial charge in [-0.1, -0.05) is 0 Å². The summed E-state index contributed by atoms with van der Waals surface area (Å²) in [5, 5.41) is 4.87. The number of ether oxygens (including phenoxy) is 5. The molecule has 268 valence electrons. The van der Waals surface area contributed by atoms with E-state index in [4.69, 9.17) is 32.7 Å². The van der Waals surface area contributed by atoms with E-state index >= 15 is 0 Å². The smallest absolute Gasteiger partial charge is 0.414 e. The molecule has 0 bridgehead atoms. The number of aromatic nitrogens is 2. The monoisotopic (exact) mass is 690 g/mol. The Morgan fingerprint density at radius 1 is 0.702 bits per heavy atom. The Labute approximate surface area is 276 Å². The highest BCUT2D eigenvalue weighted by Crippen LogP contribution is 2.49. The van der Waals surface area contributed by atoms with Crippen molar-refractivity contribution in [3.63, 3.8) is 0 Å². The zero-order valence-electron chi connectivity index (χ0n) is 29.6. The molecule has 0 aliphatic carbocycles. The fraction of sp³-hybridized carbons (Fsp3) is 0.733. The largest absolute Gasteiger partial charge is 0.477 e. The van der Waals surface area contributed by atoms with Gasteiger partial charge in [0.1, 0.15) is 17.0 Å². The summed E-state index contributed by atoms with van der Waals surface area (Å²) in [6.07, 6.45) is -1.18. The number of amides is 2. The molecule has 1 aromatic heterocycles. The number of carbonyl (C=O) groups is 4. The number of nitrogens with one attached hydrogen (secondary N) is 2. The summed E-state index contributed by atoms with van der Waals surface area (Å²) < 4.78 is 50.4. The molecule has 0 saturated carbocycles. The highest BCUT2D eigenvalue weighted by molar-refractivity contribution is 7.53. The van der Waals surface area contributed by atoms with Crippen LogP contribution in [0, 0.1) is 10.8 Å². The van der Waals surface area contributed by atoms with Crippen LogP contribution in [0.15, 0.2) is 6.07 Å². The van der Waals surface area contributed by atoms with Gasteiger partial charge in [0.2, 0.25) is 25.4 Å². The summed E-state index contributed by atoms with van der Waals surface area (Å²) in [5.41, 5.74) is -3.17. The van der Waals surface area contributed by atoms with Crippen LogP contribution >= 0.6 is 7.60 Å². The first-order valence-corrected chi connectivity index (χ1v) is 16.8. The zero-order valence-corrected chi connectivity index (χ0v) is 30.5. The van der Waals surface area contributed by atoms with Crippen LogP contribution in [0.4, 0.5) is 21.4 Å². The Hall–Kier alpha value is -3.49.